The number of hydrogen-bond donors (Lipinski definition) is 3. The molecule has 1 aliphatic carbocycles. The van der Waals surface area contributed by atoms with Gasteiger partial charge in [0, 0.05) is 5.92 Å². The third-order valence-electron chi connectivity index (χ3n) is 2.27. The van der Waals surface area contributed by atoms with Gasteiger partial charge in [-0.25, -0.2) is 10.2 Å². The molecule has 0 bridgehead atoms. The first-order valence-corrected chi connectivity index (χ1v) is 4.49. The zero-order valence-corrected chi connectivity index (χ0v) is 7.38. The fourth-order valence-electron chi connectivity index (χ4n) is 1.58. The number of carbonyl (C=O) groups is 2. The predicted octanol–water partition coefficient (Wildman–Crippen LogP) is 0.865. The van der Waals surface area contributed by atoms with Crippen molar-refractivity contribution < 1.29 is 14.7 Å². The lowest BCUT2D eigenvalue weighted by molar-refractivity contribution is -0.126. The van der Waals surface area contributed by atoms with Crippen molar-refractivity contribution in [2.75, 3.05) is 0 Å². The molecule has 0 heterocycles. The van der Waals surface area contributed by atoms with Crippen molar-refractivity contribution in [2.45, 2.75) is 32.1 Å². The minimum absolute atomic E-state index is 0.0133. The van der Waals surface area contributed by atoms with Gasteiger partial charge in [0.25, 0.3) is 0 Å². The molecule has 3 N–H and O–H groups in total. The highest BCUT2D eigenvalue weighted by molar-refractivity contribution is 5.80. The van der Waals surface area contributed by atoms with Gasteiger partial charge >= 0.3 is 6.09 Å². The minimum atomic E-state index is -1.23. The van der Waals surface area contributed by atoms with Gasteiger partial charge in [-0.15, -0.1) is 0 Å². The molecular formula is C8H14N2O3. The van der Waals surface area contributed by atoms with E-state index in [1.165, 1.54) is 6.42 Å². The predicted molar refractivity (Wildman–Crippen MR) is 45.9 cm³/mol. The number of carboxylic acid groups (broad SMARTS) is 1. The molecule has 0 aromatic heterocycles. The quantitative estimate of drug-likeness (QED) is 0.531. The van der Waals surface area contributed by atoms with Crippen LogP contribution in [0.15, 0.2) is 0 Å². The van der Waals surface area contributed by atoms with Crippen LogP contribution in [0.25, 0.3) is 0 Å². The summed E-state index contributed by atoms with van der Waals surface area (Å²) in [6.07, 6.45) is 3.80. The summed E-state index contributed by atoms with van der Waals surface area (Å²) >= 11 is 0. The summed E-state index contributed by atoms with van der Waals surface area (Å²) in [6, 6.07) is 0. The number of hydrazine groups is 1. The van der Waals surface area contributed by atoms with Gasteiger partial charge in [0.2, 0.25) is 5.91 Å². The van der Waals surface area contributed by atoms with E-state index in [4.69, 9.17) is 5.11 Å². The summed E-state index contributed by atoms with van der Waals surface area (Å²) in [7, 11) is 0. The molecular weight excluding hydrogens is 172 g/mol. The van der Waals surface area contributed by atoms with E-state index in [2.05, 4.69) is 5.43 Å². The van der Waals surface area contributed by atoms with Crippen LogP contribution in [0.2, 0.25) is 0 Å². The molecule has 1 aliphatic rings. The Morgan fingerprint density at radius 3 is 2.23 bits per heavy atom. The van der Waals surface area contributed by atoms with Gasteiger partial charge in [-0.1, -0.05) is 19.3 Å². The Balaban J connectivity index is 2.25. The van der Waals surface area contributed by atoms with Crippen LogP contribution in [0.5, 0.6) is 0 Å². The number of rotatable bonds is 1. The Morgan fingerprint density at radius 1 is 1.08 bits per heavy atom. The SMILES string of the molecule is O=C(O)NNC(=O)C1CCCCC1. The third-order valence-corrected chi connectivity index (χ3v) is 2.27. The van der Waals surface area contributed by atoms with Gasteiger partial charge in [0.1, 0.15) is 0 Å². The van der Waals surface area contributed by atoms with Crippen LogP contribution >= 0.6 is 0 Å². The van der Waals surface area contributed by atoms with E-state index in [1.54, 1.807) is 0 Å². The highest BCUT2D eigenvalue weighted by atomic mass is 16.4. The number of amides is 2. The molecule has 0 spiro atoms. The first kappa shape index (κ1) is 9.83. The minimum Gasteiger partial charge on any atom is -0.464 e. The lowest BCUT2D eigenvalue weighted by atomic mass is 9.89. The van der Waals surface area contributed by atoms with Crippen molar-refractivity contribution in [2.24, 2.45) is 5.92 Å². The molecule has 74 valence electrons. The summed E-state index contributed by atoms with van der Waals surface area (Å²) in [5, 5.41) is 8.23. The monoisotopic (exact) mass is 186 g/mol. The Hall–Kier alpha value is -1.26. The van der Waals surface area contributed by atoms with Crippen LogP contribution in [0, 0.1) is 5.92 Å². The first-order valence-electron chi connectivity index (χ1n) is 4.49. The van der Waals surface area contributed by atoms with E-state index < -0.39 is 6.09 Å². The van der Waals surface area contributed by atoms with Gasteiger partial charge in [-0.2, -0.15) is 0 Å². The van der Waals surface area contributed by atoms with Crippen LogP contribution < -0.4 is 10.9 Å². The standard InChI is InChI=1S/C8H14N2O3/c11-7(9-10-8(12)13)6-4-2-1-3-5-6/h6,10H,1-5H2,(H,9,11)(H,12,13). The molecule has 0 atom stereocenters. The van der Waals surface area contributed by atoms with Gasteiger partial charge in [0.05, 0.1) is 0 Å². The molecule has 0 unspecified atom stereocenters. The average Bonchev–Trinajstić information content (AvgIpc) is 2.15. The second kappa shape index (κ2) is 4.69. The Labute approximate surface area is 76.5 Å². The van der Waals surface area contributed by atoms with Crippen molar-refractivity contribution >= 4 is 12.0 Å². The first-order chi connectivity index (χ1) is 6.20. The Morgan fingerprint density at radius 2 is 1.69 bits per heavy atom. The second-order valence-electron chi connectivity index (χ2n) is 3.25. The summed E-state index contributed by atoms with van der Waals surface area (Å²) in [5.41, 5.74) is 4.02. The molecule has 5 nitrogen and oxygen atoms in total. The van der Waals surface area contributed by atoms with Crippen LogP contribution in [-0.2, 0) is 4.79 Å². The van der Waals surface area contributed by atoms with Crippen molar-refractivity contribution in [1.82, 2.24) is 10.9 Å². The third kappa shape index (κ3) is 3.31. The smallest absolute Gasteiger partial charge is 0.423 e. The zero-order valence-electron chi connectivity index (χ0n) is 7.38. The average molecular weight is 186 g/mol. The fraction of sp³-hybridized carbons (Fsp3) is 0.750. The molecule has 1 saturated carbocycles. The van der Waals surface area contributed by atoms with Crippen LogP contribution in [0.1, 0.15) is 32.1 Å². The maximum Gasteiger partial charge on any atom is 0.423 e. The molecule has 0 aromatic carbocycles. The van der Waals surface area contributed by atoms with Gasteiger partial charge < -0.3 is 5.11 Å². The molecule has 1 rings (SSSR count). The normalized spacial score (nSPS) is 17.8. The van der Waals surface area contributed by atoms with E-state index in [9.17, 15) is 9.59 Å². The maximum absolute atomic E-state index is 11.3. The highest BCUT2D eigenvalue weighted by Gasteiger charge is 2.20. The molecule has 0 aliphatic heterocycles. The molecule has 0 radical (unpaired) electrons. The zero-order chi connectivity index (χ0) is 9.68. The van der Waals surface area contributed by atoms with E-state index in [0.717, 1.165) is 25.7 Å². The van der Waals surface area contributed by atoms with Gasteiger partial charge in [-0.3, -0.25) is 10.2 Å². The lowest BCUT2D eigenvalue weighted by Crippen LogP contribution is -2.44. The molecule has 5 heteroatoms. The molecule has 2 amide bonds. The van der Waals surface area contributed by atoms with E-state index in [-0.39, 0.29) is 11.8 Å². The molecule has 0 saturated heterocycles. The second-order valence-corrected chi connectivity index (χ2v) is 3.25. The molecule has 1 fully saturated rings. The number of carbonyl (C=O) groups excluding carboxylic acids is 1. The Bertz CT molecular complexity index is 200. The summed E-state index contributed by atoms with van der Waals surface area (Å²) < 4.78 is 0. The van der Waals surface area contributed by atoms with Gasteiger partial charge in [-0.05, 0) is 12.8 Å². The summed E-state index contributed by atoms with van der Waals surface area (Å²) in [4.78, 5) is 21.3. The molecule has 13 heavy (non-hydrogen) atoms. The topological polar surface area (TPSA) is 78.4 Å². The van der Waals surface area contributed by atoms with Crippen LogP contribution in [0.4, 0.5) is 4.79 Å². The lowest BCUT2D eigenvalue weighted by Gasteiger charge is -2.20. The maximum atomic E-state index is 11.3. The number of hydrogen-bond acceptors (Lipinski definition) is 2. The summed E-state index contributed by atoms with van der Waals surface area (Å²) in [6.45, 7) is 0. The number of nitrogens with one attached hydrogen (secondary N) is 2. The van der Waals surface area contributed by atoms with E-state index in [1.807, 2.05) is 5.43 Å². The highest BCUT2D eigenvalue weighted by Crippen LogP contribution is 2.23. The van der Waals surface area contributed by atoms with Crippen LogP contribution in [0.3, 0.4) is 0 Å². The Kier molecular flexibility index (Phi) is 3.54. The van der Waals surface area contributed by atoms with E-state index >= 15 is 0 Å². The molecule has 0 aromatic rings. The van der Waals surface area contributed by atoms with Crippen molar-refractivity contribution in [3.63, 3.8) is 0 Å². The van der Waals surface area contributed by atoms with Crippen LogP contribution in [-0.4, -0.2) is 17.1 Å². The van der Waals surface area contributed by atoms with Crippen molar-refractivity contribution in [1.29, 1.82) is 0 Å². The van der Waals surface area contributed by atoms with Gasteiger partial charge in [0.15, 0.2) is 0 Å². The summed E-state index contributed by atoms with van der Waals surface area (Å²) in [5.74, 6) is -0.220. The van der Waals surface area contributed by atoms with Crippen molar-refractivity contribution in [3.8, 4) is 0 Å². The largest absolute Gasteiger partial charge is 0.464 e. The van der Waals surface area contributed by atoms with Crippen molar-refractivity contribution in [3.05, 3.63) is 0 Å². The van der Waals surface area contributed by atoms with E-state index in [0.29, 0.717) is 0 Å². The fourth-order valence-corrected chi connectivity index (χ4v) is 1.58.